The zero-order valence-corrected chi connectivity index (χ0v) is 11.6. The van der Waals surface area contributed by atoms with Crippen LogP contribution in [0.5, 0.6) is 5.88 Å². The molecule has 2 aromatic heterocycles. The maximum atomic E-state index is 5.77. The van der Waals surface area contributed by atoms with Crippen LogP contribution in [0.1, 0.15) is 18.7 Å². The Morgan fingerprint density at radius 3 is 2.94 bits per heavy atom. The Hall–Kier alpha value is -1.40. The lowest BCUT2D eigenvalue weighted by Gasteiger charge is -2.14. The normalized spacial score (nSPS) is 12.8. The second-order valence-corrected chi connectivity index (χ2v) is 5.29. The van der Waals surface area contributed by atoms with E-state index >= 15 is 0 Å². The molecule has 0 amide bonds. The monoisotopic (exact) mass is 267 g/mol. The first-order chi connectivity index (χ1) is 8.60. The second-order valence-electron chi connectivity index (χ2n) is 4.05. The number of hydrogen-bond donors (Lipinski definition) is 1. The molecule has 0 saturated carbocycles. The minimum absolute atomic E-state index is 0.0670. The Kier molecular flexibility index (Phi) is 3.98. The number of aryl methyl sites for hydroxylation is 1. The smallest absolute Gasteiger partial charge is 0.227 e. The molecule has 18 heavy (non-hydrogen) atoms. The molecule has 0 aliphatic heterocycles. The number of fused-ring (bicyclic) bond motifs is 1. The van der Waals surface area contributed by atoms with Gasteiger partial charge in [0, 0.05) is 11.5 Å². The Balaban J connectivity index is 2.26. The number of aromatic nitrogens is 2. The highest BCUT2D eigenvalue weighted by atomic mass is 32.1. The maximum absolute atomic E-state index is 5.77. The number of nitrogen functional groups attached to an aromatic ring is 1. The van der Waals surface area contributed by atoms with Crippen molar-refractivity contribution in [3.8, 4) is 5.88 Å². The van der Waals surface area contributed by atoms with Crippen LogP contribution in [0, 0.1) is 6.92 Å². The largest absolute Gasteiger partial charge is 0.472 e. The molecule has 0 aliphatic rings. The molecule has 2 rings (SSSR count). The van der Waals surface area contributed by atoms with Gasteiger partial charge in [0.2, 0.25) is 11.8 Å². The second kappa shape index (κ2) is 5.49. The van der Waals surface area contributed by atoms with Crippen LogP contribution >= 0.6 is 11.3 Å². The summed E-state index contributed by atoms with van der Waals surface area (Å²) in [6, 6.07) is 2.02. The Morgan fingerprint density at radius 2 is 2.22 bits per heavy atom. The first kappa shape index (κ1) is 13.0. The molecular formula is C12H17N3O2S. The van der Waals surface area contributed by atoms with Crippen LogP contribution in [-0.4, -0.2) is 29.3 Å². The summed E-state index contributed by atoms with van der Waals surface area (Å²) in [6.45, 7) is 7.13. The van der Waals surface area contributed by atoms with Gasteiger partial charge >= 0.3 is 0 Å². The average Bonchev–Trinajstić information content (AvgIpc) is 2.67. The van der Waals surface area contributed by atoms with Gasteiger partial charge in [0.05, 0.1) is 12.0 Å². The number of nitrogens with two attached hydrogens (primary N) is 1. The van der Waals surface area contributed by atoms with Gasteiger partial charge in [-0.25, -0.2) is 4.98 Å². The molecule has 0 saturated heterocycles. The van der Waals surface area contributed by atoms with Gasteiger partial charge < -0.3 is 15.2 Å². The molecule has 0 radical (unpaired) electrons. The molecule has 2 N–H and O–H groups in total. The van der Waals surface area contributed by atoms with E-state index in [-0.39, 0.29) is 12.1 Å². The van der Waals surface area contributed by atoms with E-state index < -0.39 is 0 Å². The fourth-order valence-electron chi connectivity index (χ4n) is 1.63. The first-order valence-electron chi connectivity index (χ1n) is 5.88. The van der Waals surface area contributed by atoms with Gasteiger partial charge in [-0.1, -0.05) is 0 Å². The van der Waals surface area contributed by atoms with Crippen LogP contribution in [0.2, 0.25) is 0 Å². The molecular weight excluding hydrogens is 250 g/mol. The van der Waals surface area contributed by atoms with Crippen LogP contribution in [0.4, 0.5) is 5.95 Å². The van der Waals surface area contributed by atoms with Crippen molar-refractivity contribution in [2.75, 3.05) is 18.9 Å². The number of hydrogen-bond acceptors (Lipinski definition) is 6. The Labute approximate surface area is 110 Å². The SMILES string of the molecule is CCOCC(C)Oc1nc(N)nc2sc(C)cc12. The number of ether oxygens (including phenoxy) is 2. The van der Waals surface area contributed by atoms with E-state index in [0.717, 1.165) is 15.1 Å². The zero-order chi connectivity index (χ0) is 13.1. The lowest BCUT2D eigenvalue weighted by molar-refractivity contribution is 0.0643. The standard InChI is InChI=1S/C12H17N3O2S/c1-4-16-6-7(2)17-10-9-5-8(3)18-11(9)15-12(13)14-10/h5,7H,4,6H2,1-3H3,(H2,13,14,15). The Morgan fingerprint density at radius 1 is 1.44 bits per heavy atom. The molecule has 2 aromatic rings. The maximum Gasteiger partial charge on any atom is 0.227 e. The zero-order valence-electron chi connectivity index (χ0n) is 10.8. The lowest BCUT2D eigenvalue weighted by atomic mass is 10.3. The van der Waals surface area contributed by atoms with Gasteiger partial charge in [0.15, 0.2) is 0 Å². The molecule has 5 nitrogen and oxygen atoms in total. The lowest BCUT2D eigenvalue weighted by Crippen LogP contribution is -2.20. The number of thiophene rings is 1. The Bertz CT molecular complexity index is 541. The van der Waals surface area contributed by atoms with Crippen molar-refractivity contribution in [3.63, 3.8) is 0 Å². The van der Waals surface area contributed by atoms with Gasteiger partial charge in [-0.05, 0) is 26.8 Å². The number of nitrogens with zero attached hydrogens (tertiary/aromatic N) is 2. The topological polar surface area (TPSA) is 70.3 Å². The van der Waals surface area contributed by atoms with Crippen molar-refractivity contribution in [1.82, 2.24) is 9.97 Å². The number of anilines is 1. The predicted octanol–water partition coefficient (Wildman–Crippen LogP) is 2.39. The minimum atomic E-state index is -0.0670. The fraction of sp³-hybridized carbons (Fsp3) is 0.500. The molecule has 0 bridgehead atoms. The highest BCUT2D eigenvalue weighted by Crippen LogP contribution is 2.30. The van der Waals surface area contributed by atoms with Crippen molar-refractivity contribution in [2.24, 2.45) is 0 Å². The van der Waals surface area contributed by atoms with Gasteiger partial charge in [-0.3, -0.25) is 0 Å². The highest BCUT2D eigenvalue weighted by molar-refractivity contribution is 7.18. The number of rotatable bonds is 5. The van der Waals surface area contributed by atoms with Gasteiger partial charge in [0.1, 0.15) is 10.9 Å². The van der Waals surface area contributed by atoms with E-state index in [0.29, 0.717) is 19.1 Å². The predicted molar refractivity (Wildman–Crippen MR) is 73.1 cm³/mol. The van der Waals surface area contributed by atoms with E-state index in [1.54, 1.807) is 11.3 Å². The van der Waals surface area contributed by atoms with Gasteiger partial charge in [-0.15, -0.1) is 11.3 Å². The van der Waals surface area contributed by atoms with E-state index in [9.17, 15) is 0 Å². The molecule has 0 fully saturated rings. The third-order valence-electron chi connectivity index (χ3n) is 2.37. The third-order valence-corrected chi connectivity index (χ3v) is 3.31. The quantitative estimate of drug-likeness (QED) is 0.900. The molecule has 1 atom stereocenters. The van der Waals surface area contributed by atoms with Crippen LogP contribution in [0.3, 0.4) is 0 Å². The fourth-order valence-corrected chi connectivity index (χ4v) is 2.51. The van der Waals surface area contributed by atoms with Crippen molar-refractivity contribution in [1.29, 1.82) is 0 Å². The van der Waals surface area contributed by atoms with Crippen LogP contribution in [0.25, 0.3) is 10.2 Å². The van der Waals surface area contributed by atoms with Crippen molar-refractivity contribution >= 4 is 27.5 Å². The first-order valence-corrected chi connectivity index (χ1v) is 6.70. The molecule has 0 spiro atoms. The molecule has 1 unspecified atom stereocenters. The molecule has 2 heterocycles. The van der Waals surface area contributed by atoms with Crippen molar-refractivity contribution < 1.29 is 9.47 Å². The van der Waals surface area contributed by atoms with Crippen LogP contribution in [-0.2, 0) is 4.74 Å². The highest BCUT2D eigenvalue weighted by Gasteiger charge is 2.13. The molecule has 6 heteroatoms. The summed E-state index contributed by atoms with van der Waals surface area (Å²) in [5, 5.41) is 0.912. The summed E-state index contributed by atoms with van der Waals surface area (Å²) in [5.41, 5.74) is 5.68. The summed E-state index contributed by atoms with van der Waals surface area (Å²) in [6.07, 6.45) is -0.0670. The summed E-state index contributed by atoms with van der Waals surface area (Å²) >= 11 is 1.58. The van der Waals surface area contributed by atoms with E-state index in [4.69, 9.17) is 15.2 Å². The van der Waals surface area contributed by atoms with E-state index in [2.05, 4.69) is 9.97 Å². The summed E-state index contributed by atoms with van der Waals surface area (Å²) in [7, 11) is 0. The van der Waals surface area contributed by atoms with Crippen molar-refractivity contribution in [3.05, 3.63) is 10.9 Å². The summed E-state index contributed by atoms with van der Waals surface area (Å²) in [5.74, 6) is 0.775. The molecule has 0 aliphatic carbocycles. The van der Waals surface area contributed by atoms with Crippen LogP contribution in [0.15, 0.2) is 6.07 Å². The average molecular weight is 267 g/mol. The van der Waals surface area contributed by atoms with Crippen LogP contribution < -0.4 is 10.5 Å². The van der Waals surface area contributed by atoms with E-state index in [1.807, 2.05) is 26.8 Å². The van der Waals surface area contributed by atoms with Gasteiger partial charge in [0.25, 0.3) is 0 Å². The van der Waals surface area contributed by atoms with E-state index in [1.165, 1.54) is 0 Å². The third kappa shape index (κ3) is 2.88. The summed E-state index contributed by atoms with van der Waals surface area (Å²) < 4.78 is 11.1. The molecule has 0 aromatic carbocycles. The van der Waals surface area contributed by atoms with Crippen molar-refractivity contribution in [2.45, 2.75) is 26.9 Å². The van der Waals surface area contributed by atoms with Gasteiger partial charge in [-0.2, -0.15) is 4.98 Å². The summed E-state index contributed by atoms with van der Waals surface area (Å²) in [4.78, 5) is 10.4. The molecule has 98 valence electrons. The minimum Gasteiger partial charge on any atom is -0.472 e.